The molecule has 0 atom stereocenters. The molecule has 138 valence electrons. The van der Waals surface area contributed by atoms with Gasteiger partial charge >= 0.3 is 0 Å². The summed E-state index contributed by atoms with van der Waals surface area (Å²) in [6, 6.07) is 2.13. The topological polar surface area (TPSA) is 110 Å². The number of anilines is 2. The van der Waals surface area contributed by atoms with Gasteiger partial charge in [-0.2, -0.15) is 0 Å². The highest BCUT2D eigenvalue weighted by Crippen LogP contribution is 2.20. The van der Waals surface area contributed by atoms with Gasteiger partial charge in [-0.3, -0.25) is 4.79 Å². The van der Waals surface area contributed by atoms with Crippen LogP contribution in [0.4, 0.5) is 11.8 Å². The van der Waals surface area contributed by atoms with Crippen molar-refractivity contribution in [2.24, 2.45) is 0 Å². The zero-order valence-corrected chi connectivity index (χ0v) is 15.7. The number of piperidine rings is 1. The van der Waals surface area contributed by atoms with Crippen molar-refractivity contribution in [2.75, 3.05) is 23.7 Å². The summed E-state index contributed by atoms with van der Waals surface area (Å²) in [6.45, 7) is 9.13. The van der Waals surface area contributed by atoms with Crippen molar-refractivity contribution in [1.29, 1.82) is 0 Å². The number of hydrogen-bond donors (Lipinski definition) is 2. The Kier molecular flexibility index (Phi) is 5.01. The quantitative estimate of drug-likeness (QED) is 0.858. The summed E-state index contributed by atoms with van der Waals surface area (Å²) in [4.78, 5) is 31.9. The van der Waals surface area contributed by atoms with Gasteiger partial charge in [0.15, 0.2) is 0 Å². The molecular formula is C18H25N7O. The van der Waals surface area contributed by atoms with E-state index in [1.54, 1.807) is 13.8 Å². The SMILES string of the molecule is Cc1cc(N2CCC(NC(=O)c3c(C)nc(N)nc3C)CC2)nc(C)n1. The molecule has 1 aliphatic heterocycles. The Balaban J connectivity index is 1.63. The molecular weight excluding hydrogens is 330 g/mol. The molecule has 2 aromatic heterocycles. The van der Waals surface area contributed by atoms with Gasteiger partial charge in [-0.25, -0.2) is 19.9 Å². The van der Waals surface area contributed by atoms with Crippen molar-refractivity contribution >= 4 is 17.7 Å². The molecule has 2 aromatic rings. The normalized spacial score (nSPS) is 15.2. The Labute approximate surface area is 153 Å². The van der Waals surface area contributed by atoms with Gasteiger partial charge in [0.2, 0.25) is 5.95 Å². The van der Waals surface area contributed by atoms with Gasteiger partial charge < -0.3 is 16.0 Å². The molecule has 3 heterocycles. The lowest BCUT2D eigenvalue weighted by molar-refractivity contribution is 0.0929. The third-order valence-electron chi connectivity index (χ3n) is 4.62. The number of aromatic nitrogens is 4. The number of hydrogen-bond acceptors (Lipinski definition) is 7. The predicted octanol–water partition coefficient (Wildman–Crippen LogP) is 1.48. The molecule has 0 unspecified atom stereocenters. The van der Waals surface area contributed by atoms with Crippen LogP contribution in [0.3, 0.4) is 0 Å². The lowest BCUT2D eigenvalue weighted by Gasteiger charge is -2.33. The summed E-state index contributed by atoms with van der Waals surface area (Å²) in [5.41, 5.74) is 8.34. The number of nitrogen functional groups attached to an aromatic ring is 1. The van der Waals surface area contributed by atoms with Crippen molar-refractivity contribution in [1.82, 2.24) is 25.3 Å². The standard InChI is InChI=1S/C18H25N7O/c1-10-9-15(23-13(4)20-10)25-7-5-14(6-8-25)24-17(26)16-11(2)21-18(19)22-12(16)3/h9,14H,5-8H2,1-4H3,(H,24,26)(H2,19,21,22). The number of nitrogens with zero attached hydrogens (tertiary/aromatic N) is 5. The smallest absolute Gasteiger partial charge is 0.255 e. The van der Waals surface area contributed by atoms with Crippen molar-refractivity contribution in [3.05, 3.63) is 34.5 Å². The Hall–Kier alpha value is -2.77. The molecule has 1 fully saturated rings. The van der Waals surface area contributed by atoms with Gasteiger partial charge in [-0.1, -0.05) is 0 Å². The molecule has 0 aromatic carbocycles. The van der Waals surface area contributed by atoms with Gasteiger partial charge in [0.1, 0.15) is 11.6 Å². The van der Waals surface area contributed by atoms with Crippen molar-refractivity contribution in [3.63, 3.8) is 0 Å². The number of carbonyl (C=O) groups is 1. The van der Waals surface area contributed by atoms with Crippen LogP contribution in [0.5, 0.6) is 0 Å². The van der Waals surface area contributed by atoms with E-state index in [1.807, 2.05) is 19.9 Å². The Morgan fingerprint density at radius 2 is 1.69 bits per heavy atom. The van der Waals surface area contributed by atoms with Crippen LogP contribution in [0.15, 0.2) is 6.07 Å². The summed E-state index contributed by atoms with van der Waals surface area (Å²) >= 11 is 0. The monoisotopic (exact) mass is 355 g/mol. The molecule has 0 aliphatic carbocycles. The lowest BCUT2D eigenvalue weighted by Crippen LogP contribution is -2.45. The van der Waals surface area contributed by atoms with Crippen molar-refractivity contribution in [3.8, 4) is 0 Å². The zero-order chi connectivity index (χ0) is 18.8. The second-order valence-corrected chi connectivity index (χ2v) is 6.78. The van der Waals surface area contributed by atoms with Crippen LogP contribution in [0.2, 0.25) is 0 Å². The first-order valence-corrected chi connectivity index (χ1v) is 8.82. The first-order valence-electron chi connectivity index (χ1n) is 8.82. The molecule has 26 heavy (non-hydrogen) atoms. The predicted molar refractivity (Wildman–Crippen MR) is 100 cm³/mol. The summed E-state index contributed by atoms with van der Waals surface area (Å²) in [6.07, 6.45) is 1.73. The first-order chi connectivity index (χ1) is 12.3. The van der Waals surface area contributed by atoms with E-state index >= 15 is 0 Å². The summed E-state index contributed by atoms with van der Waals surface area (Å²) in [7, 11) is 0. The van der Waals surface area contributed by atoms with Gasteiger partial charge in [-0.05, 0) is 40.5 Å². The molecule has 8 nitrogen and oxygen atoms in total. The molecule has 1 aliphatic rings. The number of nitrogens with one attached hydrogen (secondary N) is 1. The average molecular weight is 355 g/mol. The minimum Gasteiger partial charge on any atom is -0.368 e. The van der Waals surface area contributed by atoms with E-state index in [-0.39, 0.29) is 17.9 Å². The third kappa shape index (κ3) is 3.89. The molecule has 0 radical (unpaired) electrons. The fourth-order valence-electron chi connectivity index (χ4n) is 3.44. The number of carbonyl (C=O) groups excluding carboxylic acids is 1. The minimum atomic E-state index is -0.132. The number of nitrogens with two attached hydrogens (primary N) is 1. The number of amides is 1. The van der Waals surface area contributed by atoms with E-state index in [1.165, 1.54) is 0 Å². The molecule has 1 saturated heterocycles. The third-order valence-corrected chi connectivity index (χ3v) is 4.62. The molecule has 3 N–H and O–H groups in total. The fraction of sp³-hybridized carbons (Fsp3) is 0.500. The van der Waals surface area contributed by atoms with Crippen LogP contribution < -0.4 is 16.0 Å². The van der Waals surface area contributed by atoms with E-state index < -0.39 is 0 Å². The minimum absolute atomic E-state index is 0.124. The Bertz CT molecular complexity index is 785. The molecule has 1 amide bonds. The van der Waals surface area contributed by atoms with E-state index in [0.29, 0.717) is 17.0 Å². The highest BCUT2D eigenvalue weighted by atomic mass is 16.1. The van der Waals surface area contributed by atoms with Gasteiger partial charge in [0.25, 0.3) is 5.91 Å². The van der Waals surface area contributed by atoms with Crippen molar-refractivity contribution in [2.45, 2.75) is 46.6 Å². The molecule has 8 heteroatoms. The zero-order valence-electron chi connectivity index (χ0n) is 15.7. The fourth-order valence-corrected chi connectivity index (χ4v) is 3.44. The van der Waals surface area contributed by atoms with Crippen LogP contribution >= 0.6 is 0 Å². The highest BCUT2D eigenvalue weighted by Gasteiger charge is 2.24. The van der Waals surface area contributed by atoms with E-state index in [2.05, 4.69) is 30.2 Å². The lowest BCUT2D eigenvalue weighted by atomic mass is 10.0. The largest absolute Gasteiger partial charge is 0.368 e. The van der Waals surface area contributed by atoms with Gasteiger partial charge in [-0.15, -0.1) is 0 Å². The van der Waals surface area contributed by atoms with Gasteiger partial charge in [0.05, 0.1) is 17.0 Å². The maximum absolute atomic E-state index is 12.6. The molecule has 0 saturated carbocycles. The molecule has 0 spiro atoms. The second-order valence-electron chi connectivity index (χ2n) is 6.78. The first kappa shape index (κ1) is 18.0. The maximum atomic E-state index is 12.6. The van der Waals surface area contributed by atoms with Gasteiger partial charge in [0, 0.05) is 30.9 Å². The maximum Gasteiger partial charge on any atom is 0.255 e. The van der Waals surface area contributed by atoms with Crippen LogP contribution in [0, 0.1) is 27.7 Å². The molecule has 0 bridgehead atoms. The van der Waals surface area contributed by atoms with Crippen LogP contribution in [-0.4, -0.2) is 45.0 Å². The second kappa shape index (κ2) is 7.23. The van der Waals surface area contributed by atoms with Crippen LogP contribution in [0.1, 0.15) is 46.1 Å². The van der Waals surface area contributed by atoms with E-state index in [4.69, 9.17) is 5.73 Å². The highest BCUT2D eigenvalue weighted by molar-refractivity contribution is 5.96. The van der Waals surface area contributed by atoms with E-state index in [9.17, 15) is 4.79 Å². The number of aryl methyl sites for hydroxylation is 4. The number of rotatable bonds is 3. The van der Waals surface area contributed by atoms with E-state index in [0.717, 1.165) is 43.3 Å². The van der Waals surface area contributed by atoms with Crippen LogP contribution in [-0.2, 0) is 0 Å². The van der Waals surface area contributed by atoms with Crippen LogP contribution in [0.25, 0.3) is 0 Å². The summed E-state index contributed by atoms with van der Waals surface area (Å²) in [5, 5.41) is 3.11. The average Bonchev–Trinajstić information content (AvgIpc) is 2.53. The Morgan fingerprint density at radius 1 is 1.08 bits per heavy atom. The Morgan fingerprint density at radius 3 is 2.27 bits per heavy atom. The summed E-state index contributed by atoms with van der Waals surface area (Å²) in [5.74, 6) is 1.80. The summed E-state index contributed by atoms with van der Waals surface area (Å²) < 4.78 is 0. The van der Waals surface area contributed by atoms with Crippen molar-refractivity contribution < 1.29 is 4.79 Å². The molecule has 3 rings (SSSR count).